The molecule has 3 rings (SSSR count). The lowest BCUT2D eigenvalue weighted by atomic mass is 10.1. The van der Waals surface area contributed by atoms with E-state index in [9.17, 15) is 18.5 Å². The lowest BCUT2D eigenvalue weighted by molar-refractivity contribution is -0.117. The third-order valence-corrected chi connectivity index (χ3v) is 4.90. The highest BCUT2D eigenvalue weighted by Gasteiger charge is 2.31. The van der Waals surface area contributed by atoms with E-state index in [1.807, 2.05) is 32.8 Å². The van der Waals surface area contributed by atoms with Crippen molar-refractivity contribution in [2.24, 2.45) is 0 Å². The molecule has 1 aliphatic rings. The predicted molar refractivity (Wildman–Crippen MR) is 110 cm³/mol. The van der Waals surface area contributed by atoms with Crippen LogP contribution in [0.15, 0.2) is 24.5 Å². The van der Waals surface area contributed by atoms with E-state index in [1.54, 1.807) is 17.1 Å². The lowest BCUT2D eigenvalue weighted by Crippen LogP contribution is -2.23. The molecule has 2 aromatic rings. The van der Waals surface area contributed by atoms with Gasteiger partial charge in [0.25, 0.3) is 5.91 Å². The Morgan fingerprint density at radius 3 is 2.69 bits per heavy atom. The zero-order valence-corrected chi connectivity index (χ0v) is 17.6. The Balaban J connectivity index is 0.00000145. The summed E-state index contributed by atoms with van der Waals surface area (Å²) in [7, 11) is 3.93. The Kier molecular flexibility index (Phi) is 7.75. The normalized spacial score (nSPS) is 15.4. The number of carbonyl (C=O) groups excluding carboxylic acids is 1. The van der Waals surface area contributed by atoms with E-state index in [1.165, 1.54) is 12.1 Å². The van der Waals surface area contributed by atoms with Gasteiger partial charge in [0.2, 0.25) is 11.2 Å². The average molecular weight is 421 g/mol. The fraction of sp³-hybridized carbons (Fsp3) is 0.368. The van der Waals surface area contributed by atoms with Gasteiger partial charge in [-0.2, -0.15) is 5.10 Å². The number of likely N-dealkylation sites (N-methyl/N-ethyl adjacent to an activating group) is 1. The van der Waals surface area contributed by atoms with Gasteiger partial charge in [-0.05, 0) is 26.2 Å². The third-order valence-electron chi connectivity index (χ3n) is 3.78. The molecule has 156 valence electrons. The second kappa shape index (κ2) is 10.0. The number of halogens is 1. The quantitative estimate of drug-likeness (QED) is 0.725. The molecule has 0 radical (unpaired) electrons. The number of amides is 1. The standard InChI is InChI=1S/C17H18FN5O3S.C2H6/c1-21(2)7-8-22-10-12(9-19-22)3-4-13-5-6-14(24)17(16(13)18)23-11-15(25)20-27(23)26;1-2/h5-6,9-10,24H,7-8,11H2,1-2H3,(H,20,25);1-2H3. The average Bonchev–Trinajstić information content (AvgIpc) is 3.27. The first-order valence-electron chi connectivity index (χ1n) is 9.04. The highest BCUT2D eigenvalue weighted by atomic mass is 32.2. The van der Waals surface area contributed by atoms with Crippen LogP contribution in [0.3, 0.4) is 0 Å². The summed E-state index contributed by atoms with van der Waals surface area (Å²) in [6.45, 7) is 5.21. The molecule has 1 atom stereocenters. The van der Waals surface area contributed by atoms with Gasteiger partial charge < -0.3 is 10.0 Å². The number of aromatic nitrogens is 2. The number of hydrogen-bond acceptors (Lipinski definition) is 5. The summed E-state index contributed by atoms with van der Waals surface area (Å²) in [4.78, 5) is 13.4. The second-order valence-corrected chi connectivity index (χ2v) is 7.29. The van der Waals surface area contributed by atoms with Gasteiger partial charge in [0, 0.05) is 12.7 Å². The number of nitrogens with zero attached hydrogens (tertiary/aromatic N) is 4. The fourth-order valence-electron chi connectivity index (χ4n) is 2.42. The molecule has 1 aliphatic heterocycles. The lowest BCUT2D eigenvalue weighted by Gasteiger charge is -2.16. The molecule has 1 amide bonds. The zero-order chi connectivity index (χ0) is 21.6. The molecule has 0 aliphatic carbocycles. The van der Waals surface area contributed by atoms with E-state index in [4.69, 9.17) is 0 Å². The van der Waals surface area contributed by atoms with Crippen LogP contribution in [0.25, 0.3) is 0 Å². The minimum Gasteiger partial charge on any atom is -0.506 e. The molecule has 0 bridgehead atoms. The van der Waals surface area contributed by atoms with Crippen LogP contribution in [-0.2, 0) is 22.5 Å². The van der Waals surface area contributed by atoms with Crippen molar-refractivity contribution in [2.45, 2.75) is 20.4 Å². The van der Waals surface area contributed by atoms with Gasteiger partial charge >= 0.3 is 0 Å². The summed E-state index contributed by atoms with van der Waals surface area (Å²) in [5.74, 6) is 3.74. The van der Waals surface area contributed by atoms with Gasteiger partial charge in [-0.25, -0.2) is 8.60 Å². The second-order valence-electron chi connectivity index (χ2n) is 6.15. The number of anilines is 1. The minimum atomic E-state index is -1.95. The number of hydrogen-bond donors (Lipinski definition) is 2. The Hall–Kier alpha value is -2.90. The molecule has 1 unspecified atom stereocenters. The van der Waals surface area contributed by atoms with E-state index in [-0.39, 0.29) is 17.8 Å². The molecule has 8 nitrogen and oxygen atoms in total. The first kappa shape index (κ1) is 22.4. The number of benzene rings is 1. The SMILES string of the molecule is CC.CN(C)CCn1cc(C#Cc2ccc(O)c(N3CC(=O)NS3=O)c2F)cn1. The summed E-state index contributed by atoms with van der Waals surface area (Å²) >= 11 is -1.95. The van der Waals surface area contributed by atoms with Crippen molar-refractivity contribution in [2.75, 3.05) is 31.5 Å². The summed E-state index contributed by atoms with van der Waals surface area (Å²) in [5.41, 5.74) is 0.310. The molecular formula is C19H24FN5O3S. The van der Waals surface area contributed by atoms with E-state index in [0.29, 0.717) is 12.1 Å². The molecule has 2 N–H and O–H groups in total. The van der Waals surface area contributed by atoms with E-state index >= 15 is 0 Å². The van der Waals surface area contributed by atoms with Crippen LogP contribution in [0.5, 0.6) is 5.75 Å². The topological polar surface area (TPSA) is 90.7 Å². The molecule has 1 saturated heterocycles. The Bertz CT molecular complexity index is 964. The summed E-state index contributed by atoms with van der Waals surface area (Å²) in [6, 6.07) is 2.58. The van der Waals surface area contributed by atoms with Crippen molar-refractivity contribution in [3.63, 3.8) is 0 Å². The summed E-state index contributed by atoms with van der Waals surface area (Å²) < 4.78 is 31.5. The maximum absolute atomic E-state index is 14.8. The molecule has 0 spiro atoms. The van der Waals surface area contributed by atoms with Crippen LogP contribution < -0.4 is 9.03 Å². The van der Waals surface area contributed by atoms with Gasteiger partial charge in [-0.3, -0.25) is 18.5 Å². The number of phenolic OH excluding ortho intramolecular Hbond substituents is 1. The van der Waals surface area contributed by atoms with Crippen LogP contribution in [-0.4, -0.2) is 57.1 Å². The maximum atomic E-state index is 14.8. The summed E-state index contributed by atoms with van der Waals surface area (Å²) in [6.07, 6.45) is 3.34. The van der Waals surface area contributed by atoms with Crippen molar-refractivity contribution >= 4 is 22.8 Å². The van der Waals surface area contributed by atoms with Crippen molar-refractivity contribution < 1.29 is 18.5 Å². The number of aromatic hydroxyl groups is 1. The molecule has 1 aromatic carbocycles. The zero-order valence-electron chi connectivity index (χ0n) is 16.8. The highest BCUT2D eigenvalue weighted by Crippen LogP contribution is 2.33. The molecule has 29 heavy (non-hydrogen) atoms. The third kappa shape index (κ3) is 5.56. The smallest absolute Gasteiger partial charge is 0.253 e. The first-order chi connectivity index (χ1) is 13.8. The Morgan fingerprint density at radius 2 is 2.07 bits per heavy atom. The number of rotatable bonds is 4. The molecule has 1 aromatic heterocycles. The van der Waals surface area contributed by atoms with E-state index < -0.39 is 28.6 Å². The molecule has 10 heteroatoms. The van der Waals surface area contributed by atoms with Gasteiger partial charge in [0.05, 0.1) is 23.9 Å². The Morgan fingerprint density at radius 1 is 1.34 bits per heavy atom. The summed E-state index contributed by atoms with van der Waals surface area (Å²) in [5, 5.41) is 14.1. The van der Waals surface area contributed by atoms with Crippen molar-refractivity contribution in [1.29, 1.82) is 0 Å². The van der Waals surface area contributed by atoms with Crippen LogP contribution in [0, 0.1) is 17.7 Å². The van der Waals surface area contributed by atoms with E-state index in [0.717, 1.165) is 10.8 Å². The van der Waals surface area contributed by atoms with Gasteiger partial charge in [-0.1, -0.05) is 25.7 Å². The van der Waals surface area contributed by atoms with Crippen molar-refractivity contribution in [3.05, 3.63) is 41.5 Å². The first-order valence-corrected chi connectivity index (χ1v) is 10.2. The van der Waals surface area contributed by atoms with Crippen molar-refractivity contribution in [3.8, 4) is 17.6 Å². The number of nitrogens with one attached hydrogen (secondary N) is 1. The largest absolute Gasteiger partial charge is 0.506 e. The Labute approximate surface area is 172 Å². The van der Waals surface area contributed by atoms with Crippen LogP contribution >= 0.6 is 0 Å². The number of phenols is 1. The molecule has 2 heterocycles. The van der Waals surface area contributed by atoms with Crippen LogP contribution in [0.1, 0.15) is 25.0 Å². The molecular weight excluding hydrogens is 397 g/mol. The minimum absolute atomic E-state index is 0.0141. The highest BCUT2D eigenvalue weighted by molar-refractivity contribution is 7.85. The monoisotopic (exact) mass is 421 g/mol. The van der Waals surface area contributed by atoms with Gasteiger partial charge in [-0.15, -0.1) is 0 Å². The van der Waals surface area contributed by atoms with E-state index in [2.05, 4.69) is 21.7 Å². The maximum Gasteiger partial charge on any atom is 0.253 e. The molecule has 1 fully saturated rings. The molecule has 0 saturated carbocycles. The fourth-order valence-corrected chi connectivity index (χ4v) is 3.36. The van der Waals surface area contributed by atoms with Gasteiger partial charge in [0.1, 0.15) is 18.0 Å². The van der Waals surface area contributed by atoms with Crippen LogP contribution in [0.2, 0.25) is 0 Å². The van der Waals surface area contributed by atoms with Crippen LogP contribution in [0.4, 0.5) is 10.1 Å². The number of carbonyl (C=O) groups is 1. The predicted octanol–water partition coefficient (Wildman–Crippen LogP) is 1.23. The van der Waals surface area contributed by atoms with Crippen molar-refractivity contribution in [1.82, 2.24) is 19.4 Å². The van der Waals surface area contributed by atoms with Gasteiger partial charge in [0.15, 0.2) is 5.82 Å².